The zero-order valence-electron chi connectivity index (χ0n) is 10.2. The fourth-order valence-electron chi connectivity index (χ4n) is 1.35. The van der Waals surface area contributed by atoms with Gasteiger partial charge in [0.25, 0.3) is 0 Å². The van der Waals surface area contributed by atoms with Crippen molar-refractivity contribution in [3.8, 4) is 0 Å². The molecular formula is C11H7ClF6OS2. The summed E-state index contributed by atoms with van der Waals surface area (Å²) in [4.78, 5) is 10.3. The molecule has 1 aromatic rings. The summed E-state index contributed by atoms with van der Waals surface area (Å²) in [5.74, 6) is -0.868. The fraction of sp³-hybridized carbons (Fsp3) is 0.364. The molecule has 21 heavy (non-hydrogen) atoms. The van der Waals surface area contributed by atoms with E-state index in [0.717, 1.165) is 18.2 Å². The number of carbonyl (C=O) groups is 1. The summed E-state index contributed by atoms with van der Waals surface area (Å²) in [7, 11) is 0. The second-order valence-corrected chi connectivity index (χ2v) is 6.55. The van der Waals surface area contributed by atoms with Crippen molar-refractivity contribution in [1.29, 1.82) is 0 Å². The van der Waals surface area contributed by atoms with Crippen molar-refractivity contribution >= 4 is 40.9 Å². The molecular weight excluding hydrogens is 362 g/mol. The normalized spacial score (nSPS) is 14.1. The minimum absolute atomic E-state index is 0.478. The van der Waals surface area contributed by atoms with E-state index in [0.29, 0.717) is 0 Å². The molecule has 1 unspecified atom stereocenters. The average Bonchev–Trinajstić information content (AvgIpc) is 2.26. The second kappa shape index (κ2) is 6.70. The number of rotatable bonds is 4. The molecule has 0 saturated carbocycles. The molecule has 1 atom stereocenters. The Morgan fingerprint density at radius 3 is 2.05 bits per heavy atom. The van der Waals surface area contributed by atoms with Gasteiger partial charge in [-0.15, -0.1) is 11.6 Å². The molecule has 118 valence electrons. The third-order valence-electron chi connectivity index (χ3n) is 2.05. The minimum Gasteiger partial charge on any atom is -0.292 e. The molecule has 0 radical (unpaired) electrons. The molecule has 0 spiro atoms. The lowest BCUT2D eigenvalue weighted by molar-refractivity contribution is -0.0346. The lowest BCUT2D eigenvalue weighted by Crippen LogP contribution is -2.14. The summed E-state index contributed by atoms with van der Waals surface area (Å²) in [6.07, 6.45) is 0. The molecule has 1 rings (SSSR count). The number of benzene rings is 1. The van der Waals surface area contributed by atoms with Crippen molar-refractivity contribution < 1.29 is 31.1 Å². The van der Waals surface area contributed by atoms with Crippen LogP contribution >= 0.6 is 35.1 Å². The van der Waals surface area contributed by atoms with Crippen LogP contribution in [0.25, 0.3) is 0 Å². The van der Waals surface area contributed by atoms with Crippen molar-refractivity contribution in [2.75, 3.05) is 0 Å². The Hall–Kier alpha value is -0.540. The number of hydrogen-bond donors (Lipinski definition) is 0. The monoisotopic (exact) mass is 368 g/mol. The van der Waals surface area contributed by atoms with Crippen LogP contribution < -0.4 is 0 Å². The smallest absolute Gasteiger partial charge is 0.292 e. The summed E-state index contributed by atoms with van der Waals surface area (Å²) in [5, 5.41) is -1.15. The van der Waals surface area contributed by atoms with Crippen LogP contribution in [0.5, 0.6) is 0 Å². The van der Waals surface area contributed by atoms with Crippen LogP contribution in [0.2, 0.25) is 0 Å². The molecule has 1 nitrogen and oxygen atoms in total. The van der Waals surface area contributed by atoms with E-state index in [1.54, 1.807) is 0 Å². The molecule has 0 saturated heterocycles. The van der Waals surface area contributed by atoms with E-state index in [1.807, 2.05) is 0 Å². The van der Waals surface area contributed by atoms with Crippen LogP contribution in [-0.4, -0.2) is 22.2 Å². The van der Waals surface area contributed by atoms with Gasteiger partial charge in [-0.2, -0.15) is 26.3 Å². The van der Waals surface area contributed by atoms with Crippen molar-refractivity contribution in [3.05, 3.63) is 23.8 Å². The summed E-state index contributed by atoms with van der Waals surface area (Å²) in [5.41, 5.74) is -10.1. The van der Waals surface area contributed by atoms with Crippen LogP contribution in [0.4, 0.5) is 26.3 Å². The highest BCUT2D eigenvalue weighted by atomic mass is 35.5. The zero-order chi connectivity index (χ0) is 16.4. The lowest BCUT2D eigenvalue weighted by atomic mass is 10.1. The van der Waals surface area contributed by atoms with E-state index in [-0.39, 0.29) is 0 Å². The van der Waals surface area contributed by atoms with Crippen LogP contribution in [0, 0.1) is 0 Å². The Bertz CT molecular complexity index is 526. The molecule has 1 aromatic carbocycles. The Labute approximate surface area is 129 Å². The maximum Gasteiger partial charge on any atom is 0.446 e. The second-order valence-electron chi connectivity index (χ2n) is 3.71. The highest BCUT2D eigenvalue weighted by Gasteiger charge is 2.37. The van der Waals surface area contributed by atoms with Gasteiger partial charge in [-0.05, 0) is 36.5 Å². The standard InChI is InChI=1S/C11H7ClF6OS2/c1-5(12)8(19)6-3-2-4-7(20-10(13,14)15)9(6)21-11(16,17)18/h2-5H,1H3. The van der Waals surface area contributed by atoms with E-state index >= 15 is 0 Å². The van der Waals surface area contributed by atoms with Crippen molar-refractivity contribution in [2.45, 2.75) is 33.1 Å². The van der Waals surface area contributed by atoms with E-state index in [1.165, 1.54) is 6.92 Å². The number of hydrogen-bond acceptors (Lipinski definition) is 3. The van der Waals surface area contributed by atoms with Gasteiger partial charge in [0, 0.05) is 15.4 Å². The van der Waals surface area contributed by atoms with Crippen LogP contribution in [-0.2, 0) is 0 Å². The molecule has 0 bridgehead atoms. The van der Waals surface area contributed by atoms with Gasteiger partial charge in [-0.25, -0.2) is 0 Å². The Morgan fingerprint density at radius 2 is 1.62 bits per heavy atom. The third-order valence-corrected chi connectivity index (χ3v) is 4.04. The minimum atomic E-state index is -4.83. The Morgan fingerprint density at radius 1 is 1.10 bits per heavy atom. The highest BCUT2D eigenvalue weighted by molar-refractivity contribution is 8.03. The quantitative estimate of drug-likeness (QED) is 0.293. The molecule has 0 heterocycles. The van der Waals surface area contributed by atoms with E-state index in [2.05, 4.69) is 0 Å². The largest absolute Gasteiger partial charge is 0.446 e. The third kappa shape index (κ3) is 5.99. The lowest BCUT2D eigenvalue weighted by Gasteiger charge is -2.16. The highest BCUT2D eigenvalue weighted by Crippen LogP contribution is 2.47. The Kier molecular flexibility index (Phi) is 5.91. The molecule has 0 aromatic heterocycles. The summed E-state index contributed by atoms with van der Waals surface area (Å²) >= 11 is 4.06. The topological polar surface area (TPSA) is 17.1 Å². The maximum atomic E-state index is 12.5. The fourth-order valence-corrected chi connectivity index (χ4v) is 3.00. The number of thioether (sulfide) groups is 2. The predicted molar refractivity (Wildman–Crippen MR) is 69.9 cm³/mol. The van der Waals surface area contributed by atoms with Gasteiger partial charge in [-0.1, -0.05) is 12.1 Å². The number of Topliss-reactive ketones (excluding diaryl/α,β-unsaturated/α-hetero) is 1. The molecule has 0 aliphatic rings. The van der Waals surface area contributed by atoms with Crippen molar-refractivity contribution in [2.24, 2.45) is 0 Å². The van der Waals surface area contributed by atoms with Gasteiger partial charge in [0.15, 0.2) is 5.78 Å². The molecule has 0 aliphatic heterocycles. The maximum absolute atomic E-state index is 12.5. The van der Waals surface area contributed by atoms with E-state index in [9.17, 15) is 31.1 Å². The van der Waals surface area contributed by atoms with Crippen LogP contribution in [0.15, 0.2) is 28.0 Å². The summed E-state index contributed by atoms with van der Waals surface area (Å²) in [6.45, 7) is 1.23. The summed E-state index contributed by atoms with van der Waals surface area (Å²) in [6, 6.07) is 2.98. The zero-order valence-corrected chi connectivity index (χ0v) is 12.6. The first kappa shape index (κ1) is 18.5. The van der Waals surface area contributed by atoms with Crippen LogP contribution in [0.3, 0.4) is 0 Å². The first-order chi connectivity index (χ1) is 9.41. The van der Waals surface area contributed by atoms with Gasteiger partial charge in [0.05, 0.1) is 5.38 Å². The first-order valence-corrected chi connectivity index (χ1v) is 7.30. The predicted octanol–water partition coefficient (Wildman–Crippen LogP) is 5.72. The molecule has 0 fully saturated rings. The summed E-state index contributed by atoms with van der Waals surface area (Å²) < 4.78 is 74.8. The molecule has 0 N–H and O–H groups in total. The number of halogens is 7. The molecule has 10 heteroatoms. The number of ketones is 1. The average molecular weight is 369 g/mol. The molecule has 0 aliphatic carbocycles. The van der Waals surface area contributed by atoms with Gasteiger partial charge >= 0.3 is 11.0 Å². The van der Waals surface area contributed by atoms with Gasteiger partial charge in [0.2, 0.25) is 0 Å². The van der Waals surface area contributed by atoms with Crippen LogP contribution in [0.1, 0.15) is 17.3 Å². The number of carbonyl (C=O) groups excluding carboxylic acids is 1. The SMILES string of the molecule is CC(Cl)C(=O)c1cccc(SC(F)(F)F)c1SC(F)(F)F. The van der Waals surface area contributed by atoms with Gasteiger partial charge < -0.3 is 0 Å². The van der Waals surface area contributed by atoms with Crippen molar-refractivity contribution in [1.82, 2.24) is 0 Å². The number of alkyl halides is 7. The van der Waals surface area contributed by atoms with E-state index < -0.39 is 61.1 Å². The first-order valence-electron chi connectivity index (χ1n) is 5.23. The Balaban J connectivity index is 3.37. The van der Waals surface area contributed by atoms with Gasteiger partial charge in [-0.3, -0.25) is 4.79 Å². The van der Waals surface area contributed by atoms with Crippen molar-refractivity contribution in [3.63, 3.8) is 0 Å². The van der Waals surface area contributed by atoms with Gasteiger partial charge in [0.1, 0.15) is 0 Å². The van der Waals surface area contributed by atoms with E-state index in [4.69, 9.17) is 11.6 Å². The molecule has 0 amide bonds.